The molecule has 0 radical (unpaired) electrons. The lowest BCUT2D eigenvalue weighted by molar-refractivity contribution is 0.0145. The average molecular weight is 713 g/mol. The van der Waals surface area contributed by atoms with Crippen molar-refractivity contribution in [1.82, 2.24) is 14.8 Å². The Hall–Kier alpha value is -4.71. The molecule has 1 aromatic heterocycles. The zero-order chi connectivity index (χ0) is 36.1. The number of anilines is 1. The molecule has 0 bridgehead atoms. The fourth-order valence-corrected chi connectivity index (χ4v) is 8.36. The van der Waals surface area contributed by atoms with Gasteiger partial charge in [-0.1, -0.05) is 35.9 Å². The minimum atomic E-state index is -0.726. The van der Waals surface area contributed by atoms with E-state index < -0.39 is 29.4 Å². The number of hydrogen-bond acceptors (Lipinski definition) is 8. The van der Waals surface area contributed by atoms with E-state index in [1.807, 2.05) is 4.90 Å². The van der Waals surface area contributed by atoms with Crippen molar-refractivity contribution >= 4 is 45.1 Å². The van der Waals surface area contributed by atoms with E-state index in [9.17, 15) is 19.7 Å². The van der Waals surface area contributed by atoms with Gasteiger partial charge in [-0.2, -0.15) is 10.5 Å². The number of fused-ring (bicyclic) bond motifs is 3. The summed E-state index contributed by atoms with van der Waals surface area (Å²) in [4.78, 5) is 24.0. The highest BCUT2D eigenvalue weighted by Gasteiger charge is 2.45. The standard InChI is InChI=1S/C39H39ClF2N6O3/c1-38(2,3)51-37(49)48-18-17-46(22-25(48)11-14-43)35-28-19-31(42)27(26-8-4-7-24-9-10-30(41)34(40)33(24)26)20-32(28)45-36(29(35)21-44)50-23-39-12-5-15-47(39)16-6-13-39/h4,7-10,19-20,25H,5-6,11-13,15-18,22-23H2,1-3H3/t25-/m0/s1. The zero-order valence-corrected chi connectivity index (χ0v) is 29.7. The van der Waals surface area contributed by atoms with Crippen LogP contribution in [0.3, 0.4) is 0 Å². The number of aromatic nitrogens is 1. The Bertz CT molecular complexity index is 2110. The van der Waals surface area contributed by atoms with E-state index in [0.29, 0.717) is 39.5 Å². The molecular formula is C39H39ClF2N6O3. The van der Waals surface area contributed by atoms with Gasteiger partial charge in [-0.05, 0) is 88.7 Å². The summed E-state index contributed by atoms with van der Waals surface area (Å²) in [5.74, 6) is -1.08. The highest BCUT2D eigenvalue weighted by molar-refractivity contribution is 6.37. The second-order valence-corrected chi connectivity index (χ2v) is 15.1. The van der Waals surface area contributed by atoms with Crippen molar-refractivity contribution in [3.63, 3.8) is 0 Å². The number of amides is 1. The first-order valence-corrected chi connectivity index (χ1v) is 17.7. The lowest BCUT2D eigenvalue weighted by Crippen LogP contribution is -2.56. The van der Waals surface area contributed by atoms with Gasteiger partial charge in [-0.3, -0.25) is 4.90 Å². The predicted molar refractivity (Wildman–Crippen MR) is 192 cm³/mol. The van der Waals surface area contributed by atoms with Crippen molar-refractivity contribution in [3.05, 3.63) is 64.7 Å². The summed E-state index contributed by atoms with van der Waals surface area (Å²) in [6.45, 7) is 8.41. The van der Waals surface area contributed by atoms with Gasteiger partial charge in [-0.25, -0.2) is 18.6 Å². The van der Waals surface area contributed by atoms with E-state index in [2.05, 4.69) is 17.0 Å². The lowest BCUT2D eigenvalue weighted by Gasteiger charge is -2.42. The van der Waals surface area contributed by atoms with E-state index in [-0.39, 0.29) is 53.6 Å². The number of benzene rings is 3. The van der Waals surface area contributed by atoms with Crippen molar-refractivity contribution in [2.24, 2.45) is 0 Å². The number of carbonyl (C=O) groups excluding carboxylic acids is 1. The molecule has 3 saturated heterocycles. The van der Waals surface area contributed by atoms with Crippen LogP contribution in [-0.2, 0) is 4.74 Å². The Labute approximate surface area is 300 Å². The topological polar surface area (TPSA) is 106 Å². The predicted octanol–water partition coefficient (Wildman–Crippen LogP) is 8.20. The van der Waals surface area contributed by atoms with Crippen LogP contribution in [0.15, 0.2) is 42.5 Å². The third-order valence-corrected chi connectivity index (χ3v) is 10.8. The number of nitrogens with zero attached hydrogens (tertiary/aromatic N) is 6. The van der Waals surface area contributed by atoms with Gasteiger partial charge < -0.3 is 19.3 Å². The van der Waals surface area contributed by atoms with Gasteiger partial charge in [0.1, 0.15) is 35.5 Å². The molecule has 3 aliphatic rings. The van der Waals surface area contributed by atoms with Gasteiger partial charge in [0.05, 0.1) is 40.3 Å². The van der Waals surface area contributed by atoms with Crippen LogP contribution < -0.4 is 9.64 Å². The molecule has 0 saturated carbocycles. The number of nitriles is 2. The summed E-state index contributed by atoms with van der Waals surface area (Å²) in [6.07, 6.45) is 3.63. The molecule has 0 unspecified atom stereocenters. The number of ether oxygens (including phenoxy) is 2. The quantitative estimate of drug-likeness (QED) is 0.197. The molecule has 1 atom stereocenters. The monoisotopic (exact) mass is 712 g/mol. The maximum Gasteiger partial charge on any atom is 0.410 e. The van der Waals surface area contributed by atoms with E-state index in [1.165, 1.54) is 12.1 Å². The van der Waals surface area contributed by atoms with Crippen LogP contribution in [0.4, 0.5) is 19.3 Å². The third kappa shape index (κ3) is 6.39. The molecule has 3 aliphatic heterocycles. The van der Waals surface area contributed by atoms with E-state index in [1.54, 1.807) is 56.0 Å². The van der Waals surface area contributed by atoms with Gasteiger partial charge in [0.25, 0.3) is 0 Å². The summed E-state index contributed by atoms with van der Waals surface area (Å²) >= 11 is 6.46. The number of pyridine rings is 1. The van der Waals surface area contributed by atoms with Crippen LogP contribution in [-0.4, -0.2) is 77.4 Å². The normalized spacial score (nSPS) is 18.9. The smallest absolute Gasteiger partial charge is 0.410 e. The first-order chi connectivity index (χ1) is 24.4. The highest BCUT2D eigenvalue weighted by Crippen LogP contribution is 2.43. The molecule has 0 N–H and O–H groups in total. The van der Waals surface area contributed by atoms with Gasteiger partial charge in [0.15, 0.2) is 0 Å². The minimum Gasteiger partial charge on any atom is -0.475 e. The summed E-state index contributed by atoms with van der Waals surface area (Å²) in [7, 11) is 0. The lowest BCUT2D eigenvalue weighted by atomic mass is 9.95. The largest absolute Gasteiger partial charge is 0.475 e. The molecule has 3 fully saturated rings. The summed E-state index contributed by atoms with van der Waals surface area (Å²) in [5, 5.41) is 21.7. The van der Waals surface area contributed by atoms with Crippen molar-refractivity contribution in [2.75, 3.05) is 44.2 Å². The van der Waals surface area contributed by atoms with Crippen LogP contribution in [0.5, 0.6) is 5.88 Å². The molecule has 4 aromatic rings. The zero-order valence-electron chi connectivity index (χ0n) is 28.9. The molecule has 4 heterocycles. The summed E-state index contributed by atoms with van der Waals surface area (Å²) in [5.41, 5.74) is 0.669. The Morgan fingerprint density at radius 3 is 2.51 bits per heavy atom. The Balaban J connectivity index is 1.37. The Morgan fingerprint density at radius 2 is 1.80 bits per heavy atom. The summed E-state index contributed by atoms with van der Waals surface area (Å²) in [6, 6.07) is 15.0. The fraction of sp³-hybridized carbons (Fsp3) is 0.436. The number of rotatable bonds is 6. The minimum absolute atomic E-state index is 0.0271. The number of halogens is 3. The van der Waals surface area contributed by atoms with Crippen molar-refractivity contribution < 1.29 is 23.0 Å². The maximum atomic E-state index is 16.5. The molecule has 7 rings (SSSR count). The number of carbonyl (C=O) groups is 1. The molecule has 0 spiro atoms. The van der Waals surface area contributed by atoms with Crippen molar-refractivity contribution in [3.8, 4) is 29.1 Å². The molecule has 3 aromatic carbocycles. The van der Waals surface area contributed by atoms with Crippen LogP contribution in [0.1, 0.15) is 58.4 Å². The van der Waals surface area contributed by atoms with E-state index in [0.717, 1.165) is 38.8 Å². The highest BCUT2D eigenvalue weighted by atomic mass is 35.5. The first-order valence-electron chi connectivity index (χ1n) is 17.4. The van der Waals surface area contributed by atoms with Crippen molar-refractivity contribution in [2.45, 2.75) is 70.1 Å². The number of piperazine rings is 1. The van der Waals surface area contributed by atoms with Gasteiger partial charge in [-0.15, -0.1) is 0 Å². The molecule has 51 heavy (non-hydrogen) atoms. The molecule has 12 heteroatoms. The van der Waals surface area contributed by atoms with E-state index in [4.69, 9.17) is 26.1 Å². The van der Waals surface area contributed by atoms with Crippen LogP contribution in [0.2, 0.25) is 5.02 Å². The molecule has 0 aliphatic carbocycles. The van der Waals surface area contributed by atoms with Gasteiger partial charge >= 0.3 is 6.09 Å². The molecule has 1 amide bonds. The Kier molecular flexibility index (Phi) is 9.15. The van der Waals surface area contributed by atoms with Crippen molar-refractivity contribution in [1.29, 1.82) is 10.5 Å². The Morgan fingerprint density at radius 1 is 1.04 bits per heavy atom. The van der Waals surface area contributed by atoms with Gasteiger partial charge in [0, 0.05) is 36.0 Å². The molecule has 264 valence electrons. The first kappa shape index (κ1) is 34.7. The molecule has 9 nitrogen and oxygen atoms in total. The fourth-order valence-electron chi connectivity index (χ4n) is 8.08. The van der Waals surface area contributed by atoms with Crippen LogP contribution >= 0.6 is 11.6 Å². The van der Waals surface area contributed by atoms with Gasteiger partial charge in [0.2, 0.25) is 5.88 Å². The SMILES string of the molecule is CC(C)(C)OC(=O)N1CCN(c2c(C#N)c(OCC34CCCN3CCC4)nc3cc(-c4cccc5ccc(F)c(Cl)c45)c(F)cc23)C[C@@H]1CC#N. The average Bonchev–Trinajstić information content (AvgIpc) is 3.68. The maximum absolute atomic E-state index is 16.5. The van der Waals surface area contributed by atoms with Crippen LogP contribution in [0, 0.1) is 34.3 Å². The van der Waals surface area contributed by atoms with Crippen LogP contribution in [0.25, 0.3) is 32.8 Å². The third-order valence-electron chi connectivity index (χ3n) is 10.4. The second kappa shape index (κ2) is 13.4. The molecular weight excluding hydrogens is 674 g/mol. The number of hydrogen-bond donors (Lipinski definition) is 0. The van der Waals surface area contributed by atoms with E-state index >= 15 is 4.39 Å². The second-order valence-electron chi connectivity index (χ2n) is 14.7. The summed E-state index contributed by atoms with van der Waals surface area (Å²) < 4.78 is 43.3.